The monoisotopic (exact) mass is 354 g/mol. The second-order valence-electron chi connectivity index (χ2n) is 5.40. The Morgan fingerprint density at radius 2 is 1.76 bits per heavy atom. The number of hydrogen-bond donors (Lipinski definition) is 2. The molecular formula is C19H15ClN2O3. The number of nitrogens with one attached hydrogen (secondary N) is 2. The van der Waals surface area contributed by atoms with Crippen molar-refractivity contribution in [3.63, 3.8) is 0 Å². The fourth-order valence-electron chi connectivity index (χ4n) is 2.27. The van der Waals surface area contributed by atoms with Crippen LogP contribution >= 0.6 is 11.6 Å². The second kappa shape index (κ2) is 7.23. The van der Waals surface area contributed by atoms with Gasteiger partial charge in [-0.05, 0) is 48.9 Å². The number of anilines is 2. The molecule has 5 nitrogen and oxygen atoms in total. The third kappa shape index (κ3) is 3.89. The van der Waals surface area contributed by atoms with Gasteiger partial charge in [0, 0.05) is 11.4 Å². The summed E-state index contributed by atoms with van der Waals surface area (Å²) in [7, 11) is 0. The van der Waals surface area contributed by atoms with Crippen molar-refractivity contribution in [2.24, 2.45) is 0 Å². The number of amides is 2. The molecule has 0 spiro atoms. The molecule has 0 fully saturated rings. The van der Waals surface area contributed by atoms with Gasteiger partial charge in [0.15, 0.2) is 5.76 Å². The van der Waals surface area contributed by atoms with Crippen molar-refractivity contribution < 1.29 is 14.0 Å². The Hall–Kier alpha value is -3.05. The van der Waals surface area contributed by atoms with E-state index < -0.39 is 0 Å². The van der Waals surface area contributed by atoms with Gasteiger partial charge in [-0.3, -0.25) is 9.59 Å². The van der Waals surface area contributed by atoms with E-state index in [0.717, 1.165) is 5.56 Å². The molecule has 1 aromatic heterocycles. The van der Waals surface area contributed by atoms with Gasteiger partial charge in [0.1, 0.15) is 0 Å². The summed E-state index contributed by atoms with van der Waals surface area (Å²) < 4.78 is 5.06. The molecule has 0 aliphatic heterocycles. The van der Waals surface area contributed by atoms with Crippen LogP contribution in [0.5, 0.6) is 0 Å². The Morgan fingerprint density at radius 1 is 0.960 bits per heavy atom. The van der Waals surface area contributed by atoms with Crippen molar-refractivity contribution >= 4 is 34.8 Å². The maximum Gasteiger partial charge on any atom is 0.291 e. The van der Waals surface area contributed by atoms with Gasteiger partial charge in [-0.1, -0.05) is 29.8 Å². The minimum Gasteiger partial charge on any atom is -0.459 e. The quantitative estimate of drug-likeness (QED) is 0.710. The van der Waals surface area contributed by atoms with E-state index in [-0.39, 0.29) is 17.6 Å². The van der Waals surface area contributed by atoms with Crippen LogP contribution < -0.4 is 10.6 Å². The fourth-order valence-corrected chi connectivity index (χ4v) is 2.49. The number of carbonyl (C=O) groups excluding carboxylic acids is 2. The smallest absolute Gasteiger partial charge is 0.291 e. The molecule has 25 heavy (non-hydrogen) atoms. The lowest BCUT2D eigenvalue weighted by Crippen LogP contribution is -2.14. The van der Waals surface area contributed by atoms with Gasteiger partial charge in [-0.15, -0.1) is 0 Å². The van der Waals surface area contributed by atoms with Crippen molar-refractivity contribution in [3.05, 3.63) is 82.8 Å². The van der Waals surface area contributed by atoms with E-state index in [9.17, 15) is 9.59 Å². The number of rotatable bonds is 4. The standard InChI is InChI=1S/C19H15ClN2O3/c1-12-8-9-13(21-19(24)17-7-4-10-25-17)11-16(12)22-18(23)14-5-2-3-6-15(14)20/h2-11H,1H3,(H,21,24)(H,22,23). The van der Waals surface area contributed by atoms with Crippen molar-refractivity contribution in [1.29, 1.82) is 0 Å². The lowest BCUT2D eigenvalue weighted by molar-refractivity contribution is 0.0995. The van der Waals surface area contributed by atoms with Crippen molar-refractivity contribution in [3.8, 4) is 0 Å². The Labute approximate surface area is 149 Å². The molecule has 126 valence electrons. The number of furan rings is 1. The summed E-state index contributed by atoms with van der Waals surface area (Å²) in [5, 5.41) is 5.92. The van der Waals surface area contributed by atoms with Gasteiger partial charge in [-0.25, -0.2) is 0 Å². The number of aryl methyl sites for hydroxylation is 1. The van der Waals surface area contributed by atoms with Gasteiger partial charge in [0.25, 0.3) is 11.8 Å². The molecule has 2 N–H and O–H groups in total. The normalized spacial score (nSPS) is 10.3. The zero-order valence-electron chi connectivity index (χ0n) is 13.4. The van der Waals surface area contributed by atoms with E-state index in [1.807, 2.05) is 6.92 Å². The summed E-state index contributed by atoms with van der Waals surface area (Å²) >= 11 is 6.05. The molecule has 3 aromatic rings. The molecule has 2 amide bonds. The second-order valence-corrected chi connectivity index (χ2v) is 5.80. The summed E-state index contributed by atoms with van der Waals surface area (Å²) in [4.78, 5) is 24.5. The summed E-state index contributed by atoms with van der Waals surface area (Å²) in [5.41, 5.74) is 2.37. The Balaban J connectivity index is 1.79. The van der Waals surface area contributed by atoms with Crippen LogP contribution in [-0.2, 0) is 0 Å². The predicted molar refractivity (Wildman–Crippen MR) is 97.2 cm³/mol. The third-order valence-corrected chi connectivity index (χ3v) is 3.94. The molecule has 3 rings (SSSR count). The zero-order chi connectivity index (χ0) is 17.8. The Kier molecular flexibility index (Phi) is 4.86. The van der Waals surface area contributed by atoms with Crippen LogP contribution in [0.4, 0.5) is 11.4 Å². The molecule has 0 saturated carbocycles. The molecule has 2 aromatic carbocycles. The minimum absolute atomic E-state index is 0.210. The highest BCUT2D eigenvalue weighted by atomic mass is 35.5. The van der Waals surface area contributed by atoms with Crippen LogP contribution in [0.3, 0.4) is 0 Å². The van der Waals surface area contributed by atoms with Crippen LogP contribution in [0.15, 0.2) is 65.3 Å². The molecule has 0 bridgehead atoms. The van der Waals surface area contributed by atoms with Gasteiger partial charge in [0.2, 0.25) is 0 Å². The Bertz CT molecular complexity index is 920. The highest BCUT2D eigenvalue weighted by Gasteiger charge is 2.13. The molecular weight excluding hydrogens is 340 g/mol. The first kappa shape index (κ1) is 16.8. The van der Waals surface area contributed by atoms with Crippen LogP contribution in [0, 0.1) is 6.92 Å². The minimum atomic E-state index is -0.364. The number of benzene rings is 2. The zero-order valence-corrected chi connectivity index (χ0v) is 14.1. The summed E-state index contributed by atoms with van der Waals surface area (Å²) in [6, 6.07) is 15.3. The summed E-state index contributed by atoms with van der Waals surface area (Å²) in [6.07, 6.45) is 1.43. The first-order valence-electron chi connectivity index (χ1n) is 7.56. The topological polar surface area (TPSA) is 71.3 Å². The van der Waals surface area contributed by atoms with Gasteiger partial charge in [0.05, 0.1) is 16.8 Å². The number of halogens is 1. The molecule has 0 aliphatic rings. The fraction of sp³-hybridized carbons (Fsp3) is 0.0526. The van der Waals surface area contributed by atoms with Crippen molar-refractivity contribution in [1.82, 2.24) is 0 Å². The maximum atomic E-state index is 12.4. The molecule has 0 radical (unpaired) electrons. The molecule has 1 heterocycles. The van der Waals surface area contributed by atoms with Crippen LogP contribution in [0.2, 0.25) is 5.02 Å². The predicted octanol–water partition coefficient (Wildman–Crippen LogP) is 4.75. The number of hydrogen-bond acceptors (Lipinski definition) is 3. The van der Waals surface area contributed by atoms with E-state index in [0.29, 0.717) is 22.0 Å². The van der Waals surface area contributed by atoms with Gasteiger partial charge in [-0.2, -0.15) is 0 Å². The van der Waals surface area contributed by atoms with Crippen LogP contribution in [0.1, 0.15) is 26.5 Å². The largest absolute Gasteiger partial charge is 0.459 e. The molecule has 0 saturated heterocycles. The van der Waals surface area contributed by atoms with Gasteiger partial charge >= 0.3 is 0 Å². The van der Waals surface area contributed by atoms with Crippen molar-refractivity contribution in [2.75, 3.05) is 10.6 Å². The molecule has 0 aliphatic carbocycles. The van der Waals surface area contributed by atoms with Crippen molar-refractivity contribution in [2.45, 2.75) is 6.92 Å². The lowest BCUT2D eigenvalue weighted by atomic mass is 10.1. The van der Waals surface area contributed by atoms with E-state index in [1.165, 1.54) is 6.26 Å². The van der Waals surface area contributed by atoms with Crippen LogP contribution in [-0.4, -0.2) is 11.8 Å². The van der Waals surface area contributed by atoms with Crippen LogP contribution in [0.25, 0.3) is 0 Å². The van der Waals surface area contributed by atoms with E-state index in [2.05, 4.69) is 10.6 Å². The lowest BCUT2D eigenvalue weighted by Gasteiger charge is -2.12. The van der Waals surface area contributed by atoms with E-state index in [1.54, 1.807) is 54.6 Å². The molecule has 0 unspecified atom stereocenters. The highest BCUT2D eigenvalue weighted by molar-refractivity contribution is 6.34. The molecule has 0 atom stereocenters. The molecule has 6 heteroatoms. The average Bonchev–Trinajstić information content (AvgIpc) is 3.13. The highest BCUT2D eigenvalue weighted by Crippen LogP contribution is 2.23. The maximum absolute atomic E-state index is 12.4. The van der Waals surface area contributed by atoms with Gasteiger partial charge < -0.3 is 15.1 Å². The summed E-state index contributed by atoms with van der Waals surface area (Å²) in [5.74, 6) is -0.470. The average molecular weight is 355 g/mol. The first-order valence-corrected chi connectivity index (χ1v) is 7.94. The third-order valence-electron chi connectivity index (χ3n) is 3.61. The Morgan fingerprint density at radius 3 is 2.48 bits per heavy atom. The van der Waals surface area contributed by atoms with E-state index in [4.69, 9.17) is 16.0 Å². The first-order chi connectivity index (χ1) is 12.0. The number of carbonyl (C=O) groups is 2. The summed E-state index contributed by atoms with van der Waals surface area (Å²) in [6.45, 7) is 1.86. The van der Waals surface area contributed by atoms with E-state index >= 15 is 0 Å². The SMILES string of the molecule is Cc1ccc(NC(=O)c2ccco2)cc1NC(=O)c1ccccc1Cl.